The molecule has 7 nitrogen and oxygen atoms in total. The number of aliphatic hydroxyl groups excluding tert-OH is 1. The van der Waals surface area contributed by atoms with Crippen LogP contribution in [0.5, 0.6) is 5.75 Å². The highest BCUT2D eigenvalue weighted by Crippen LogP contribution is 2.53. The molecule has 2 aromatic heterocycles. The number of nitrogens with one attached hydrogen (secondary N) is 2. The molecule has 1 saturated heterocycles. The van der Waals surface area contributed by atoms with Gasteiger partial charge in [-0.15, -0.1) is 0 Å². The molecule has 4 aromatic rings. The van der Waals surface area contributed by atoms with Gasteiger partial charge in [-0.3, -0.25) is 14.7 Å². The number of piperidine rings is 1. The van der Waals surface area contributed by atoms with E-state index in [1.165, 1.54) is 5.56 Å². The molecule has 41 heavy (non-hydrogen) atoms. The Morgan fingerprint density at radius 2 is 1.90 bits per heavy atom. The molecule has 4 heterocycles. The fourth-order valence-electron chi connectivity index (χ4n) is 7.49. The summed E-state index contributed by atoms with van der Waals surface area (Å²) in [4.78, 5) is 25.0. The minimum atomic E-state index is -1.12. The Morgan fingerprint density at radius 1 is 1.10 bits per heavy atom. The number of aliphatic hydroxyl groups is 1. The molecule has 212 valence electrons. The summed E-state index contributed by atoms with van der Waals surface area (Å²) in [6.45, 7) is 2.91. The van der Waals surface area contributed by atoms with Gasteiger partial charge in [0.15, 0.2) is 5.78 Å². The number of nitrogens with zero attached hydrogens (tertiary/aromatic N) is 2. The van der Waals surface area contributed by atoms with Crippen molar-refractivity contribution in [3.63, 3.8) is 0 Å². The Kier molecular flexibility index (Phi) is 6.69. The number of aromatic nitrogens is 2. The number of carbonyl (C=O) groups excluding carboxylic acids is 1. The van der Waals surface area contributed by atoms with Gasteiger partial charge in [0.1, 0.15) is 11.3 Å². The topological polar surface area (TPSA) is 90.5 Å². The van der Waals surface area contributed by atoms with Crippen molar-refractivity contribution in [1.82, 2.24) is 20.2 Å². The van der Waals surface area contributed by atoms with Gasteiger partial charge >= 0.3 is 0 Å². The van der Waals surface area contributed by atoms with Crippen molar-refractivity contribution in [2.75, 3.05) is 33.4 Å². The van der Waals surface area contributed by atoms with Crippen LogP contribution in [0.25, 0.3) is 22.2 Å². The molecule has 7 rings (SSSR count). The lowest BCUT2D eigenvalue weighted by atomic mass is 9.63. The fourth-order valence-corrected chi connectivity index (χ4v) is 7.49. The molecule has 1 atom stereocenters. The van der Waals surface area contributed by atoms with Crippen molar-refractivity contribution in [3.8, 4) is 17.0 Å². The fraction of sp³-hybridized carbons (Fsp3) is 0.412. The third-order valence-corrected chi connectivity index (χ3v) is 9.94. The molecule has 1 aliphatic carbocycles. The number of benzene rings is 2. The van der Waals surface area contributed by atoms with E-state index in [9.17, 15) is 9.90 Å². The number of H-pyrrole nitrogens is 1. The van der Waals surface area contributed by atoms with Crippen molar-refractivity contribution in [2.45, 2.75) is 49.6 Å². The van der Waals surface area contributed by atoms with Gasteiger partial charge < -0.3 is 20.1 Å². The maximum absolute atomic E-state index is 14.5. The quantitative estimate of drug-likeness (QED) is 0.302. The standard InChI is InChI=1S/C34H38N4O3/c1-41-26-12-13-27-29(19-26)37-31-30(27)33(14-17-35-18-15-33)21-38(34(31,22-39)32(40)25-5-4-6-25)20-23-8-10-24(11-9-23)28-7-2-3-16-36-28/h2-3,7-13,16,19,25,35,37,39H,4-6,14-15,17-18,20-22H2,1H3. The largest absolute Gasteiger partial charge is 0.497 e. The van der Waals surface area contributed by atoms with Crippen LogP contribution in [-0.4, -0.2) is 59.1 Å². The minimum absolute atomic E-state index is 0.0212. The summed E-state index contributed by atoms with van der Waals surface area (Å²) < 4.78 is 5.56. The molecule has 2 aromatic carbocycles. The first-order chi connectivity index (χ1) is 20.1. The summed E-state index contributed by atoms with van der Waals surface area (Å²) in [5.41, 5.74) is 4.95. The molecule has 0 radical (unpaired) electrons. The van der Waals surface area contributed by atoms with E-state index < -0.39 is 5.54 Å². The van der Waals surface area contributed by atoms with E-state index in [-0.39, 0.29) is 23.7 Å². The highest BCUT2D eigenvalue weighted by atomic mass is 16.5. The van der Waals surface area contributed by atoms with Gasteiger partial charge in [0.25, 0.3) is 0 Å². The van der Waals surface area contributed by atoms with Crippen LogP contribution in [0, 0.1) is 5.92 Å². The number of hydrogen-bond donors (Lipinski definition) is 3. The Morgan fingerprint density at radius 3 is 2.56 bits per heavy atom. The first kappa shape index (κ1) is 26.4. The number of fused-ring (bicyclic) bond motifs is 4. The molecular weight excluding hydrogens is 512 g/mol. The third kappa shape index (κ3) is 4.21. The molecule has 3 N–H and O–H groups in total. The van der Waals surface area contributed by atoms with E-state index in [0.717, 1.165) is 90.9 Å². The molecule has 7 heteroatoms. The highest BCUT2D eigenvalue weighted by Gasteiger charge is 2.58. The summed E-state index contributed by atoms with van der Waals surface area (Å²) in [5.74, 6) is 0.909. The number of methoxy groups -OCH3 is 1. The van der Waals surface area contributed by atoms with Crippen LogP contribution in [0.2, 0.25) is 0 Å². The average Bonchev–Trinajstić information content (AvgIpc) is 3.38. The van der Waals surface area contributed by atoms with Crippen LogP contribution in [0.3, 0.4) is 0 Å². The van der Waals surface area contributed by atoms with Crippen molar-refractivity contribution >= 4 is 16.7 Å². The maximum Gasteiger partial charge on any atom is 0.164 e. The number of pyridine rings is 1. The summed E-state index contributed by atoms with van der Waals surface area (Å²) >= 11 is 0. The van der Waals surface area contributed by atoms with Gasteiger partial charge in [0.2, 0.25) is 0 Å². The lowest BCUT2D eigenvalue weighted by Crippen LogP contribution is -2.65. The highest BCUT2D eigenvalue weighted by molar-refractivity contribution is 5.97. The number of ether oxygens (including phenoxy) is 1. The van der Waals surface area contributed by atoms with Crippen molar-refractivity contribution < 1.29 is 14.6 Å². The number of Topliss-reactive ketones (excluding diaryl/α,β-unsaturated/α-hetero) is 1. The van der Waals surface area contributed by atoms with Gasteiger partial charge in [0.05, 0.1) is 25.1 Å². The van der Waals surface area contributed by atoms with Crippen molar-refractivity contribution in [1.29, 1.82) is 0 Å². The SMILES string of the molecule is COc1ccc2c3c([nH]c2c1)C(CO)(C(=O)C1CCC1)N(Cc1ccc(-c2ccccn2)cc1)CC31CCNCC1. The van der Waals surface area contributed by atoms with Crippen LogP contribution < -0.4 is 10.1 Å². The lowest BCUT2D eigenvalue weighted by Gasteiger charge is -2.54. The normalized spacial score (nSPS) is 22.4. The van der Waals surface area contributed by atoms with Crippen LogP contribution in [0.1, 0.15) is 48.9 Å². The molecule has 0 amide bonds. The predicted molar refractivity (Wildman–Crippen MR) is 160 cm³/mol. The summed E-state index contributed by atoms with van der Waals surface area (Å²) in [7, 11) is 1.68. The van der Waals surface area contributed by atoms with Crippen LogP contribution >= 0.6 is 0 Å². The van der Waals surface area contributed by atoms with Crippen LogP contribution in [0.15, 0.2) is 66.9 Å². The first-order valence-corrected chi connectivity index (χ1v) is 14.9. The number of rotatable bonds is 7. The smallest absolute Gasteiger partial charge is 0.164 e. The lowest BCUT2D eigenvalue weighted by molar-refractivity contribution is -0.146. The molecule has 1 unspecified atom stereocenters. The monoisotopic (exact) mass is 550 g/mol. The molecule has 1 spiro atoms. The van der Waals surface area contributed by atoms with Crippen molar-refractivity contribution in [2.24, 2.45) is 5.92 Å². The zero-order valence-corrected chi connectivity index (χ0v) is 23.7. The first-order valence-electron chi connectivity index (χ1n) is 14.9. The second-order valence-electron chi connectivity index (χ2n) is 12.1. The van der Waals surface area contributed by atoms with Crippen LogP contribution in [0.4, 0.5) is 0 Å². The van der Waals surface area contributed by atoms with E-state index in [1.807, 2.05) is 36.5 Å². The Bertz CT molecular complexity index is 1550. The minimum Gasteiger partial charge on any atom is -0.497 e. The van der Waals surface area contributed by atoms with Gasteiger partial charge in [-0.05, 0) is 74.2 Å². The van der Waals surface area contributed by atoms with E-state index in [0.29, 0.717) is 6.54 Å². The number of carbonyl (C=O) groups is 1. The van der Waals surface area contributed by atoms with Gasteiger partial charge in [0, 0.05) is 53.2 Å². The number of hydrogen-bond acceptors (Lipinski definition) is 6. The second-order valence-corrected chi connectivity index (χ2v) is 12.1. The summed E-state index contributed by atoms with van der Waals surface area (Å²) in [6.07, 6.45) is 6.63. The Labute approximate surface area is 240 Å². The van der Waals surface area contributed by atoms with E-state index >= 15 is 0 Å². The zero-order valence-electron chi connectivity index (χ0n) is 23.7. The van der Waals surface area contributed by atoms with E-state index in [2.05, 4.69) is 50.5 Å². The Balaban J connectivity index is 1.37. The molecule has 1 saturated carbocycles. The second kappa shape index (κ2) is 10.4. The van der Waals surface area contributed by atoms with Crippen LogP contribution in [-0.2, 0) is 22.3 Å². The van der Waals surface area contributed by atoms with E-state index in [4.69, 9.17) is 4.74 Å². The summed E-state index contributed by atoms with van der Waals surface area (Å²) in [6, 6.07) is 20.6. The van der Waals surface area contributed by atoms with Gasteiger partial charge in [-0.1, -0.05) is 36.8 Å². The zero-order chi connectivity index (χ0) is 28.0. The molecule has 2 aliphatic heterocycles. The molecule has 2 fully saturated rings. The predicted octanol–water partition coefficient (Wildman–Crippen LogP) is 4.93. The van der Waals surface area contributed by atoms with Gasteiger partial charge in [-0.25, -0.2) is 0 Å². The third-order valence-electron chi connectivity index (χ3n) is 9.94. The van der Waals surface area contributed by atoms with Gasteiger partial charge in [-0.2, -0.15) is 0 Å². The van der Waals surface area contributed by atoms with Crippen molar-refractivity contribution in [3.05, 3.63) is 83.7 Å². The average molecular weight is 551 g/mol. The molecular formula is C34H38N4O3. The maximum atomic E-state index is 14.5. The summed E-state index contributed by atoms with van der Waals surface area (Å²) in [5, 5.41) is 16.0. The molecule has 0 bridgehead atoms. The number of ketones is 1. The number of aromatic amines is 1. The van der Waals surface area contributed by atoms with E-state index in [1.54, 1.807) is 7.11 Å². The Hall–Kier alpha value is -3.52. The molecule has 3 aliphatic rings.